The van der Waals surface area contributed by atoms with Crippen molar-refractivity contribution in [1.82, 2.24) is 0 Å². The molecule has 0 aliphatic heterocycles. The van der Waals surface area contributed by atoms with Gasteiger partial charge in [0.25, 0.3) is 0 Å². The molecule has 0 bridgehead atoms. The molecule has 34 heavy (non-hydrogen) atoms. The molecule has 0 saturated heterocycles. The molecule has 0 atom stereocenters. The van der Waals surface area contributed by atoms with E-state index in [2.05, 4.69) is 80.9 Å². The minimum Gasteiger partial charge on any atom is -0.114 e. The molecule has 0 unspecified atom stereocenters. The van der Waals surface area contributed by atoms with E-state index < -0.39 is 0 Å². The summed E-state index contributed by atoms with van der Waals surface area (Å²) >= 11 is 0. The molecule has 0 aliphatic rings. The molecule has 0 amide bonds. The topological polar surface area (TPSA) is 0 Å². The minimum atomic E-state index is -0.0360. The van der Waals surface area contributed by atoms with E-state index in [4.69, 9.17) is 0 Å². The Labute approximate surface area is 224 Å². The Hall–Kier alpha value is -0.650. The SMILES string of the molecule is Br.CCCCCCCCCCCCCCCC(Cc1ccccc1)(Cc1ccccc1)P(C)C. The Bertz CT molecular complexity index is 656. The highest BCUT2D eigenvalue weighted by atomic mass is 79.9. The monoisotopic (exact) mass is 546 g/mol. The molecular formula is C32H52BrP. The van der Waals surface area contributed by atoms with Gasteiger partial charge < -0.3 is 0 Å². The second kappa shape index (κ2) is 19.5. The normalized spacial score (nSPS) is 11.5. The van der Waals surface area contributed by atoms with Gasteiger partial charge in [0.2, 0.25) is 0 Å². The van der Waals surface area contributed by atoms with E-state index in [0.29, 0.717) is 5.16 Å². The van der Waals surface area contributed by atoms with E-state index in [9.17, 15) is 0 Å². The molecule has 0 spiro atoms. The fourth-order valence-corrected chi connectivity index (χ4v) is 6.81. The van der Waals surface area contributed by atoms with E-state index in [-0.39, 0.29) is 24.9 Å². The van der Waals surface area contributed by atoms with Crippen LogP contribution >= 0.6 is 24.9 Å². The van der Waals surface area contributed by atoms with Crippen molar-refractivity contribution in [3.05, 3.63) is 71.8 Å². The van der Waals surface area contributed by atoms with Gasteiger partial charge >= 0.3 is 0 Å². The van der Waals surface area contributed by atoms with Crippen molar-refractivity contribution in [3.8, 4) is 0 Å². The van der Waals surface area contributed by atoms with Crippen LogP contribution in [0.2, 0.25) is 0 Å². The lowest BCUT2D eigenvalue weighted by Gasteiger charge is -2.39. The highest BCUT2D eigenvalue weighted by Gasteiger charge is 2.33. The fraction of sp³-hybridized carbons (Fsp3) is 0.625. The zero-order valence-electron chi connectivity index (χ0n) is 22.4. The Morgan fingerprint density at radius 1 is 0.529 bits per heavy atom. The fourth-order valence-electron chi connectivity index (χ4n) is 5.20. The van der Waals surface area contributed by atoms with Gasteiger partial charge in [0.1, 0.15) is 0 Å². The first kappa shape index (κ1) is 31.4. The summed E-state index contributed by atoms with van der Waals surface area (Å²) in [5.41, 5.74) is 3.03. The smallest absolute Gasteiger partial charge is 0.00187 e. The molecule has 0 radical (unpaired) electrons. The lowest BCUT2D eigenvalue weighted by Crippen LogP contribution is -2.32. The van der Waals surface area contributed by atoms with Crippen LogP contribution in [0.3, 0.4) is 0 Å². The predicted octanol–water partition coefficient (Wildman–Crippen LogP) is 11.0. The Morgan fingerprint density at radius 3 is 1.24 bits per heavy atom. The third kappa shape index (κ3) is 12.9. The van der Waals surface area contributed by atoms with Crippen molar-refractivity contribution in [2.75, 3.05) is 13.3 Å². The van der Waals surface area contributed by atoms with E-state index in [1.165, 1.54) is 114 Å². The average Bonchev–Trinajstić information content (AvgIpc) is 2.83. The van der Waals surface area contributed by atoms with Gasteiger partial charge in [-0.15, -0.1) is 24.9 Å². The zero-order valence-corrected chi connectivity index (χ0v) is 25.1. The number of unbranched alkanes of at least 4 members (excludes halogenated alkanes) is 12. The summed E-state index contributed by atoms with van der Waals surface area (Å²) in [6.45, 7) is 7.34. The number of rotatable bonds is 19. The number of hydrogen-bond donors (Lipinski definition) is 0. The lowest BCUT2D eigenvalue weighted by molar-refractivity contribution is 0.475. The molecule has 0 aliphatic carbocycles. The summed E-state index contributed by atoms with van der Waals surface area (Å²) in [7, 11) is -0.0360. The summed E-state index contributed by atoms with van der Waals surface area (Å²) in [5.74, 6) is 0. The number of hydrogen-bond acceptors (Lipinski definition) is 0. The van der Waals surface area contributed by atoms with Gasteiger partial charge in [-0.2, -0.15) is 0 Å². The van der Waals surface area contributed by atoms with Crippen molar-refractivity contribution < 1.29 is 0 Å². The molecule has 192 valence electrons. The summed E-state index contributed by atoms with van der Waals surface area (Å²) in [6.07, 6.45) is 22.4. The standard InChI is InChI=1S/C32H51P.BrH/c1-4-5-6-7-8-9-10-11-12-13-14-15-22-27-32(33(2)3,28-30-23-18-16-19-24-30)29-31-25-20-17-21-26-31;/h16-21,23-26H,4-15,22,27-29H2,1-3H3;1H. The third-order valence-electron chi connectivity index (χ3n) is 7.45. The van der Waals surface area contributed by atoms with Crippen LogP contribution in [0.1, 0.15) is 108 Å². The van der Waals surface area contributed by atoms with Crippen molar-refractivity contribution in [2.24, 2.45) is 0 Å². The quantitative estimate of drug-likeness (QED) is 0.121. The first-order valence-electron chi connectivity index (χ1n) is 13.9. The maximum absolute atomic E-state index is 2.52. The van der Waals surface area contributed by atoms with Gasteiger partial charge in [0, 0.05) is 0 Å². The zero-order chi connectivity index (χ0) is 23.6. The predicted molar refractivity (Wildman–Crippen MR) is 162 cm³/mol. The first-order valence-corrected chi connectivity index (χ1v) is 16.2. The van der Waals surface area contributed by atoms with Crippen molar-refractivity contribution in [1.29, 1.82) is 0 Å². The molecule has 2 aromatic carbocycles. The number of halogens is 1. The average molecular weight is 548 g/mol. The Kier molecular flexibility index (Phi) is 18.0. The van der Waals surface area contributed by atoms with Gasteiger partial charge in [-0.1, -0.05) is 151 Å². The van der Waals surface area contributed by atoms with Crippen LogP contribution in [0, 0.1) is 0 Å². The second-order valence-corrected chi connectivity index (χ2v) is 13.2. The van der Waals surface area contributed by atoms with Gasteiger partial charge in [-0.25, -0.2) is 0 Å². The van der Waals surface area contributed by atoms with Crippen LogP contribution < -0.4 is 0 Å². The Balaban J connectivity index is 0.00000578. The third-order valence-corrected chi connectivity index (χ3v) is 9.88. The summed E-state index contributed by atoms with van der Waals surface area (Å²) in [5, 5.41) is 0.413. The molecule has 2 heteroatoms. The van der Waals surface area contributed by atoms with E-state index >= 15 is 0 Å². The first-order chi connectivity index (χ1) is 16.2. The van der Waals surface area contributed by atoms with E-state index in [1.807, 2.05) is 0 Å². The molecule has 0 aromatic heterocycles. The summed E-state index contributed by atoms with van der Waals surface area (Å²) < 4.78 is 0. The van der Waals surface area contributed by atoms with Crippen LogP contribution in [-0.2, 0) is 12.8 Å². The summed E-state index contributed by atoms with van der Waals surface area (Å²) in [6, 6.07) is 22.5. The highest BCUT2D eigenvalue weighted by molar-refractivity contribution is 8.93. The molecule has 0 fully saturated rings. The van der Waals surface area contributed by atoms with Gasteiger partial charge in [-0.05, 0) is 48.9 Å². The van der Waals surface area contributed by atoms with Gasteiger partial charge in [0.05, 0.1) is 0 Å². The number of benzene rings is 2. The lowest BCUT2D eigenvalue weighted by atomic mass is 9.87. The Morgan fingerprint density at radius 2 is 0.882 bits per heavy atom. The molecular weight excluding hydrogens is 495 g/mol. The van der Waals surface area contributed by atoms with E-state index in [0.717, 1.165) is 0 Å². The van der Waals surface area contributed by atoms with Crippen LogP contribution in [0.25, 0.3) is 0 Å². The van der Waals surface area contributed by atoms with Crippen LogP contribution in [-0.4, -0.2) is 18.5 Å². The van der Waals surface area contributed by atoms with Gasteiger partial charge in [-0.3, -0.25) is 0 Å². The largest absolute Gasteiger partial charge is 0.114 e. The van der Waals surface area contributed by atoms with Gasteiger partial charge in [0.15, 0.2) is 0 Å². The van der Waals surface area contributed by atoms with Crippen molar-refractivity contribution >= 4 is 24.9 Å². The van der Waals surface area contributed by atoms with Crippen molar-refractivity contribution in [2.45, 2.75) is 115 Å². The molecule has 0 N–H and O–H groups in total. The van der Waals surface area contributed by atoms with Crippen LogP contribution in [0.5, 0.6) is 0 Å². The molecule has 2 aromatic rings. The molecule has 0 nitrogen and oxygen atoms in total. The maximum atomic E-state index is 2.52. The summed E-state index contributed by atoms with van der Waals surface area (Å²) in [4.78, 5) is 0. The van der Waals surface area contributed by atoms with Crippen LogP contribution in [0.15, 0.2) is 60.7 Å². The van der Waals surface area contributed by atoms with Crippen LogP contribution in [0.4, 0.5) is 0 Å². The molecule has 0 heterocycles. The molecule has 0 saturated carbocycles. The highest BCUT2D eigenvalue weighted by Crippen LogP contribution is 2.50. The maximum Gasteiger partial charge on any atom is -0.00187 e. The van der Waals surface area contributed by atoms with Crippen molar-refractivity contribution in [3.63, 3.8) is 0 Å². The second-order valence-electron chi connectivity index (χ2n) is 10.4. The minimum absolute atomic E-state index is 0. The molecule has 2 rings (SSSR count). The van der Waals surface area contributed by atoms with E-state index in [1.54, 1.807) is 0 Å².